The largest absolute Gasteiger partial charge is 1.00 e. The zero-order chi connectivity index (χ0) is 20.4. The van der Waals surface area contributed by atoms with E-state index in [0.29, 0.717) is 12.1 Å². The molecule has 14 heteroatoms. The molecule has 9 nitrogen and oxygen atoms in total. The van der Waals surface area contributed by atoms with Crippen molar-refractivity contribution in [3.63, 3.8) is 0 Å². The van der Waals surface area contributed by atoms with Gasteiger partial charge < -0.3 is 32.1 Å². The molecule has 0 saturated carbocycles. The van der Waals surface area contributed by atoms with Crippen molar-refractivity contribution in [2.75, 3.05) is 14.2 Å². The number of amides is 1. The molecule has 0 atom stereocenters. The molecule has 0 spiro atoms. The van der Waals surface area contributed by atoms with Crippen LogP contribution in [0.5, 0.6) is 5.06 Å². The SMILES string of the molecule is COC(=O)c1sc(F)cc1CN.COc1cc2c(s1)C(=O)NC2.O=CO[O-].[H-].[K+].[K+]. The Labute approximate surface area is 260 Å². The van der Waals surface area contributed by atoms with E-state index >= 15 is 0 Å². The molecule has 1 amide bonds. The Morgan fingerprint density at radius 2 is 2.00 bits per heavy atom. The van der Waals surface area contributed by atoms with Gasteiger partial charge in [-0.2, -0.15) is 4.39 Å². The van der Waals surface area contributed by atoms with Gasteiger partial charge in [0.1, 0.15) is 9.75 Å². The van der Waals surface area contributed by atoms with Crippen LogP contribution < -0.4 is 124 Å². The maximum atomic E-state index is 12.6. The first kappa shape index (κ1) is 31.9. The maximum absolute atomic E-state index is 12.6. The van der Waals surface area contributed by atoms with E-state index in [0.717, 1.165) is 26.8 Å². The van der Waals surface area contributed by atoms with Crippen LogP contribution in [0.4, 0.5) is 4.39 Å². The van der Waals surface area contributed by atoms with E-state index in [1.807, 2.05) is 6.07 Å². The van der Waals surface area contributed by atoms with Crippen LogP contribution in [0.1, 0.15) is 31.9 Å². The Morgan fingerprint density at radius 1 is 1.38 bits per heavy atom. The molecule has 0 bridgehead atoms. The van der Waals surface area contributed by atoms with Gasteiger partial charge in [0.2, 0.25) is 0 Å². The van der Waals surface area contributed by atoms with Crippen LogP contribution in [-0.4, -0.2) is 32.6 Å². The van der Waals surface area contributed by atoms with Gasteiger partial charge in [-0.15, -0.1) is 0 Å². The molecule has 3 heterocycles. The molecule has 29 heavy (non-hydrogen) atoms. The number of carbonyl (C=O) groups is 3. The fourth-order valence-electron chi connectivity index (χ4n) is 1.90. The topological polar surface area (TPSA) is 140 Å². The monoisotopic (exact) mass is 498 g/mol. The predicted octanol–water partition coefficient (Wildman–Crippen LogP) is -5.31. The summed E-state index contributed by atoms with van der Waals surface area (Å²) < 4.78 is 22.1. The number of rotatable bonds is 4. The summed E-state index contributed by atoms with van der Waals surface area (Å²) in [6.45, 7) is 0.610. The molecule has 0 aromatic carbocycles. The minimum Gasteiger partial charge on any atom is -1.00 e. The van der Waals surface area contributed by atoms with Gasteiger partial charge in [-0.05, 0) is 23.3 Å². The summed E-state index contributed by atoms with van der Waals surface area (Å²) in [6, 6.07) is 3.15. The van der Waals surface area contributed by atoms with Crippen molar-refractivity contribution in [1.29, 1.82) is 0 Å². The number of hydrogen-bond acceptors (Lipinski definition) is 10. The molecule has 1 aliphatic rings. The molecule has 150 valence electrons. The number of nitrogens with one attached hydrogen (secondary N) is 1. The number of nitrogens with two attached hydrogens (primary N) is 1. The van der Waals surface area contributed by atoms with Crippen LogP contribution in [0.3, 0.4) is 0 Å². The fourth-order valence-corrected chi connectivity index (χ4v) is 3.64. The summed E-state index contributed by atoms with van der Waals surface area (Å²) in [5.41, 5.74) is 6.83. The average molecular weight is 499 g/mol. The van der Waals surface area contributed by atoms with Gasteiger partial charge in [0.15, 0.2) is 10.2 Å². The Morgan fingerprint density at radius 3 is 2.45 bits per heavy atom. The van der Waals surface area contributed by atoms with Crippen molar-refractivity contribution in [2.24, 2.45) is 5.73 Å². The third kappa shape index (κ3) is 10.3. The second-order valence-electron chi connectivity index (χ2n) is 4.60. The van der Waals surface area contributed by atoms with Gasteiger partial charge >= 0.3 is 109 Å². The first-order valence-electron chi connectivity index (χ1n) is 7.15. The molecule has 3 N–H and O–H groups in total. The second kappa shape index (κ2) is 17.3. The second-order valence-corrected chi connectivity index (χ2v) is 6.62. The van der Waals surface area contributed by atoms with Crippen LogP contribution in [0.15, 0.2) is 12.1 Å². The molecule has 1 aliphatic heterocycles. The molecule has 0 radical (unpaired) electrons. The minimum atomic E-state index is -0.538. The first-order chi connectivity index (χ1) is 12.9. The van der Waals surface area contributed by atoms with Gasteiger partial charge in [0, 0.05) is 13.1 Å². The number of ether oxygens (including phenoxy) is 2. The zero-order valence-corrected chi connectivity index (χ0v) is 24.2. The van der Waals surface area contributed by atoms with Gasteiger partial charge in [-0.1, -0.05) is 22.7 Å². The van der Waals surface area contributed by atoms with E-state index in [2.05, 4.69) is 14.9 Å². The van der Waals surface area contributed by atoms with Crippen LogP contribution in [0.2, 0.25) is 0 Å². The van der Waals surface area contributed by atoms with Crippen LogP contribution in [-0.2, 0) is 27.5 Å². The summed E-state index contributed by atoms with van der Waals surface area (Å²) in [5, 5.41) is 11.6. The standard InChI is InChI=1S/C7H8FNO2S.C7H7NO2S.CH2O3.2K.H/c1-11-7(10)6-4(3-9)2-5(8)12-6;1-10-5-2-4-3-8-7(9)6(4)11-5;2-1-4-3;;;/h2H,3,9H2,1H3;2H,3H2,1H3,(H,8,9);1,3H;;;/q;;;2*+1;-1/p-1. The molecular weight excluding hydrogens is 482 g/mol. The molecule has 2 aromatic rings. The van der Waals surface area contributed by atoms with Gasteiger partial charge in [-0.3, -0.25) is 9.59 Å². The Balaban J connectivity index is -0.000000382. The summed E-state index contributed by atoms with van der Waals surface area (Å²) >= 11 is 2.15. The summed E-state index contributed by atoms with van der Waals surface area (Å²) in [6.07, 6.45) is 0. The molecular formula is C15H17FK2N2O7S2. The minimum absolute atomic E-state index is 0. The van der Waals surface area contributed by atoms with Gasteiger partial charge in [0.05, 0.1) is 14.2 Å². The van der Waals surface area contributed by atoms with Crippen molar-refractivity contribution < 1.29 is 143 Å². The number of esters is 1. The van der Waals surface area contributed by atoms with E-state index in [1.54, 1.807) is 7.11 Å². The van der Waals surface area contributed by atoms with Gasteiger partial charge in [0.25, 0.3) is 12.4 Å². The van der Waals surface area contributed by atoms with Crippen LogP contribution in [0, 0.1) is 5.13 Å². The Bertz CT molecular complexity index is 808. The third-order valence-corrected chi connectivity index (χ3v) is 5.13. The normalized spacial score (nSPS) is 10.3. The van der Waals surface area contributed by atoms with Crippen molar-refractivity contribution in [3.05, 3.63) is 38.1 Å². The molecule has 2 aromatic heterocycles. The summed E-state index contributed by atoms with van der Waals surface area (Å²) in [7, 11) is 2.86. The average Bonchev–Trinajstić information content (AvgIpc) is 3.37. The van der Waals surface area contributed by atoms with Crippen molar-refractivity contribution in [2.45, 2.75) is 13.1 Å². The van der Waals surface area contributed by atoms with E-state index < -0.39 is 11.1 Å². The number of thiophene rings is 2. The van der Waals surface area contributed by atoms with E-state index in [1.165, 1.54) is 24.5 Å². The quantitative estimate of drug-likeness (QED) is 0.140. The first-order valence-corrected chi connectivity index (χ1v) is 8.78. The number of carbonyl (C=O) groups excluding carboxylic acids is 3. The number of halogens is 1. The molecule has 0 unspecified atom stereocenters. The van der Waals surface area contributed by atoms with E-state index in [9.17, 15) is 14.0 Å². The van der Waals surface area contributed by atoms with Gasteiger partial charge in [-0.25, -0.2) is 4.79 Å². The molecule has 0 saturated heterocycles. The van der Waals surface area contributed by atoms with Crippen LogP contribution >= 0.6 is 22.7 Å². The smallest absolute Gasteiger partial charge is 1.00 e. The molecule has 0 fully saturated rings. The van der Waals surface area contributed by atoms with E-state index in [4.69, 9.17) is 20.5 Å². The molecule has 0 aliphatic carbocycles. The Kier molecular flexibility index (Phi) is 19.0. The zero-order valence-electron chi connectivity index (χ0n) is 17.3. The maximum Gasteiger partial charge on any atom is 1.00 e. The number of hydrogen-bond donors (Lipinski definition) is 2. The fraction of sp³-hybridized carbons (Fsp3) is 0.267. The molecule has 3 rings (SSSR count). The summed E-state index contributed by atoms with van der Waals surface area (Å²) in [4.78, 5) is 34.3. The van der Waals surface area contributed by atoms with Crippen LogP contribution in [0.25, 0.3) is 0 Å². The number of methoxy groups -OCH3 is 2. The van der Waals surface area contributed by atoms with Crippen molar-refractivity contribution >= 4 is 41.0 Å². The third-order valence-electron chi connectivity index (χ3n) is 3.04. The summed E-state index contributed by atoms with van der Waals surface area (Å²) in [5.74, 6) is -0.516. The van der Waals surface area contributed by atoms with Crippen molar-refractivity contribution in [3.8, 4) is 5.06 Å². The number of fused-ring (bicyclic) bond motifs is 1. The van der Waals surface area contributed by atoms with E-state index in [-0.39, 0.29) is 128 Å². The Hall–Kier alpha value is 0.733. The predicted molar refractivity (Wildman–Crippen MR) is 93.8 cm³/mol. The van der Waals surface area contributed by atoms with Crippen molar-refractivity contribution in [1.82, 2.24) is 5.32 Å².